The van der Waals surface area contributed by atoms with Crippen molar-refractivity contribution in [2.45, 2.75) is 6.92 Å². The third-order valence-electron chi connectivity index (χ3n) is 2.69. The van der Waals surface area contributed by atoms with Gasteiger partial charge in [0.1, 0.15) is 17.4 Å². The third-order valence-corrected chi connectivity index (χ3v) is 2.69. The van der Waals surface area contributed by atoms with E-state index >= 15 is 0 Å². The summed E-state index contributed by atoms with van der Waals surface area (Å²) in [5.41, 5.74) is 0.806. The number of methoxy groups -OCH3 is 1. The molecule has 0 bridgehead atoms. The summed E-state index contributed by atoms with van der Waals surface area (Å²) < 4.78 is 32.2. The minimum Gasteiger partial charge on any atom is -0.497 e. The van der Waals surface area contributed by atoms with Crippen molar-refractivity contribution in [1.29, 1.82) is 0 Å². The minimum absolute atomic E-state index is 0.0988. The van der Waals surface area contributed by atoms with Gasteiger partial charge in [0.25, 0.3) is 0 Å². The highest BCUT2D eigenvalue weighted by Crippen LogP contribution is 2.20. The van der Waals surface area contributed by atoms with E-state index in [2.05, 4.69) is 4.99 Å². The molecule has 0 saturated heterocycles. The van der Waals surface area contributed by atoms with E-state index in [-0.39, 0.29) is 5.56 Å². The lowest BCUT2D eigenvalue weighted by Crippen LogP contribution is -2.02. The standard InChI is InChI=1S/C15H13F2NO/c1-10(15-13(16)4-3-5-14(15)17)18-11-6-8-12(19-2)9-7-11/h3-9H,1-2H3. The number of halogens is 2. The Labute approximate surface area is 110 Å². The van der Waals surface area contributed by atoms with Crippen LogP contribution in [0.4, 0.5) is 14.5 Å². The molecule has 0 atom stereocenters. The second-order valence-electron chi connectivity index (χ2n) is 3.99. The molecule has 0 spiro atoms. The number of aliphatic imine (C=N–C) groups is 1. The highest BCUT2D eigenvalue weighted by molar-refractivity contribution is 6.00. The molecular formula is C15H13F2NO. The van der Waals surface area contributed by atoms with Gasteiger partial charge in [0.2, 0.25) is 0 Å². The molecule has 0 amide bonds. The minimum atomic E-state index is -0.616. The van der Waals surface area contributed by atoms with Crippen LogP contribution in [0.1, 0.15) is 12.5 Å². The second kappa shape index (κ2) is 5.61. The molecule has 0 radical (unpaired) electrons. The van der Waals surface area contributed by atoms with Gasteiger partial charge in [-0.15, -0.1) is 0 Å². The Kier molecular flexibility index (Phi) is 3.90. The Morgan fingerprint density at radius 3 is 2.11 bits per heavy atom. The van der Waals surface area contributed by atoms with Gasteiger partial charge in [0, 0.05) is 0 Å². The molecule has 98 valence electrons. The van der Waals surface area contributed by atoms with Crippen molar-refractivity contribution in [3.8, 4) is 5.75 Å². The zero-order valence-corrected chi connectivity index (χ0v) is 10.7. The highest BCUT2D eigenvalue weighted by atomic mass is 19.1. The first-order valence-corrected chi connectivity index (χ1v) is 5.75. The van der Waals surface area contributed by atoms with E-state index in [9.17, 15) is 8.78 Å². The highest BCUT2D eigenvalue weighted by Gasteiger charge is 2.11. The zero-order chi connectivity index (χ0) is 13.8. The molecule has 2 aromatic rings. The molecule has 0 unspecified atom stereocenters. The van der Waals surface area contributed by atoms with Crippen LogP contribution >= 0.6 is 0 Å². The molecule has 2 aromatic carbocycles. The van der Waals surface area contributed by atoms with Gasteiger partial charge in [0.15, 0.2) is 0 Å². The van der Waals surface area contributed by atoms with E-state index in [1.807, 2.05) is 0 Å². The van der Waals surface area contributed by atoms with E-state index in [4.69, 9.17) is 4.74 Å². The van der Waals surface area contributed by atoms with Crippen LogP contribution in [-0.2, 0) is 0 Å². The average molecular weight is 261 g/mol. The first kappa shape index (κ1) is 13.2. The summed E-state index contributed by atoms with van der Waals surface area (Å²) in [6.45, 7) is 1.58. The van der Waals surface area contributed by atoms with Crippen molar-refractivity contribution in [2.75, 3.05) is 7.11 Å². The number of hydrogen-bond acceptors (Lipinski definition) is 2. The van der Waals surface area contributed by atoms with Gasteiger partial charge in [-0.1, -0.05) is 6.07 Å². The lowest BCUT2D eigenvalue weighted by molar-refractivity contribution is 0.415. The van der Waals surface area contributed by atoms with Gasteiger partial charge in [0.05, 0.1) is 24.1 Å². The summed E-state index contributed by atoms with van der Waals surface area (Å²) in [7, 11) is 1.57. The van der Waals surface area contributed by atoms with Crippen molar-refractivity contribution < 1.29 is 13.5 Å². The van der Waals surface area contributed by atoms with Crippen molar-refractivity contribution >= 4 is 11.4 Å². The number of ether oxygens (including phenoxy) is 1. The summed E-state index contributed by atoms with van der Waals surface area (Å²) >= 11 is 0. The molecule has 0 aliphatic rings. The molecule has 0 N–H and O–H groups in total. The van der Waals surface area contributed by atoms with Crippen molar-refractivity contribution in [2.24, 2.45) is 4.99 Å². The quantitative estimate of drug-likeness (QED) is 0.762. The van der Waals surface area contributed by atoms with Gasteiger partial charge in [-0.25, -0.2) is 8.78 Å². The molecule has 0 aromatic heterocycles. The van der Waals surface area contributed by atoms with Gasteiger partial charge in [-0.2, -0.15) is 0 Å². The van der Waals surface area contributed by atoms with E-state index < -0.39 is 11.6 Å². The zero-order valence-electron chi connectivity index (χ0n) is 10.7. The maximum atomic E-state index is 13.6. The van der Waals surface area contributed by atoms with Crippen LogP contribution in [0.3, 0.4) is 0 Å². The van der Waals surface area contributed by atoms with Crippen molar-refractivity contribution in [3.63, 3.8) is 0 Å². The fraction of sp³-hybridized carbons (Fsp3) is 0.133. The molecule has 2 rings (SSSR count). The molecule has 4 heteroatoms. The lowest BCUT2D eigenvalue weighted by Gasteiger charge is -2.05. The Balaban J connectivity index is 2.37. The molecule has 0 saturated carbocycles. The van der Waals surface area contributed by atoms with E-state index in [1.54, 1.807) is 38.3 Å². The van der Waals surface area contributed by atoms with Crippen LogP contribution in [0, 0.1) is 11.6 Å². The van der Waals surface area contributed by atoms with Gasteiger partial charge in [-0.05, 0) is 43.3 Å². The van der Waals surface area contributed by atoms with Crippen LogP contribution in [0.5, 0.6) is 5.75 Å². The largest absolute Gasteiger partial charge is 0.497 e. The third kappa shape index (κ3) is 2.96. The van der Waals surface area contributed by atoms with Gasteiger partial charge >= 0.3 is 0 Å². The Morgan fingerprint density at radius 1 is 1.00 bits per heavy atom. The predicted octanol–water partition coefficient (Wildman–Crippen LogP) is 4.11. The van der Waals surface area contributed by atoms with E-state index in [0.29, 0.717) is 17.1 Å². The predicted molar refractivity (Wildman–Crippen MR) is 71.2 cm³/mol. The van der Waals surface area contributed by atoms with Gasteiger partial charge in [-0.3, -0.25) is 4.99 Å². The van der Waals surface area contributed by atoms with E-state index in [1.165, 1.54) is 18.2 Å². The van der Waals surface area contributed by atoms with Crippen molar-refractivity contribution in [1.82, 2.24) is 0 Å². The summed E-state index contributed by atoms with van der Waals surface area (Å²) in [5, 5.41) is 0. The fourth-order valence-electron chi connectivity index (χ4n) is 1.75. The average Bonchev–Trinajstić information content (AvgIpc) is 2.39. The second-order valence-corrected chi connectivity index (χ2v) is 3.99. The molecular weight excluding hydrogens is 248 g/mol. The maximum Gasteiger partial charge on any atom is 0.135 e. The van der Waals surface area contributed by atoms with Crippen molar-refractivity contribution in [3.05, 3.63) is 59.7 Å². The normalized spacial score (nSPS) is 11.5. The fourth-order valence-corrected chi connectivity index (χ4v) is 1.75. The van der Waals surface area contributed by atoms with Crippen LogP contribution < -0.4 is 4.74 Å². The van der Waals surface area contributed by atoms with E-state index in [0.717, 1.165) is 0 Å². The number of hydrogen-bond donors (Lipinski definition) is 0. The number of rotatable bonds is 3. The van der Waals surface area contributed by atoms with Crippen LogP contribution in [0.15, 0.2) is 47.5 Å². The monoisotopic (exact) mass is 261 g/mol. The molecule has 2 nitrogen and oxygen atoms in total. The van der Waals surface area contributed by atoms with Crippen LogP contribution in [0.2, 0.25) is 0 Å². The SMILES string of the molecule is COc1ccc(N=C(C)c2c(F)cccc2F)cc1. The maximum absolute atomic E-state index is 13.6. The first-order chi connectivity index (χ1) is 9.11. The Bertz CT molecular complexity index is 586. The molecule has 0 aliphatic heterocycles. The summed E-state index contributed by atoms with van der Waals surface area (Å²) in [6.07, 6.45) is 0. The Morgan fingerprint density at radius 2 is 1.58 bits per heavy atom. The number of nitrogens with zero attached hydrogens (tertiary/aromatic N) is 1. The molecule has 0 aliphatic carbocycles. The summed E-state index contributed by atoms with van der Waals surface area (Å²) in [4.78, 5) is 4.21. The van der Waals surface area contributed by atoms with Crippen LogP contribution in [-0.4, -0.2) is 12.8 Å². The first-order valence-electron chi connectivity index (χ1n) is 5.75. The number of benzene rings is 2. The summed E-state index contributed by atoms with van der Waals surface area (Å²) in [6, 6.07) is 10.7. The summed E-state index contributed by atoms with van der Waals surface area (Å²) in [5.74, 6) is -0.529. The van der Waals surface area contributed by atoms with Crippen LogP contribution in [0.25, 0.3) is 0 Å². The molecule has 0 heterocycles. The molecule has 0 fully saturated rings. The Hall–Kier alpha value is -2.23. The smallest absolute Gasteiger partial charge is 0.135 e. The molecule has 19 heavy (non-hydrogen) atoms. The topological polar surface area (TPSA) is 21.6 Å². The lowest BCUT2D eigenvalue weighted by atomic mass is 10.1. The van der Waals surface area contributed by atoms with Gasteiger partial charge < -0.3 is 4.74 Å².